The van der Waals surface area contributed by atoms with E-state index in [1.54, 1.807) is 13.2 Å². The number of fused-ring (bicyclic) bond motifs is 1. The standard InChI is InChI=1S/C26H27FN2O3/c1-18-6-8-19(9-7-18)16-29-22(17-32-25-13-21(27)10-11-24(25)29)14-26(30)28-15-20-4-3-5-23(12-20)31-2/h3-13,22H,14-17H2,1-2H3,(H,28,30)/t22-/m1/s1. The second-order valence-corrected chi connectivity index (χ2v) is 8.02. The second kappa shape index (κ2) is 9.73. The van der Waals surface area contributed by atoms with Crippen molar-refractivity contribution < 1.29 is 18.7 Å². The third kappa shape index (κ3) is 5.19. The second-order valence-electron chi connectivity index (χ2n) is 8.02. The molecular weight excluding hydrogens is 407 g/mol. The van der Waals surface area contributed by atoms with E-state index in [0.717, 1.165) is 22.6 Å². The van der Waals surface area contributed by atoms with Gasteiger partial charge in [-0.2, -0.15) is 0 Å². The molecule has 4 rings (SSSR count). The first-order valence-electron chi connectivity index (χ1n) is 10.7. The monoisotopic (exact) mass is 434 g/mol. The molecule has 3 aromatic rings. The molecule has 0 saturated heterocycles. The average molecular weight is 435 g/mol. The van der Waals surface area contributed by atoms with Crippen LogP contribution in [-0.2, 0) is 17.9 Å². The smallest absolute Gasteiger partial charge is 0.222 e. The summed E-state index contributed by atoms with van der Waals surface area (Å²) in [6.07, 6.45) is 0.270. The van der Waals surface area contributed by atoms with Gasteiger partial charge in [-0.1, -0.05) is 42.0 Å². The summed E-state index contributed by atoms with van der Waals surface area (Å²) in [4.78, 5) is 14.9. The van der Waals surface area contributed by atoms with E-state index in [1.165, 1.54) is 17.7 Å². The van der Waals surface area contributed by atoms with E-state index < -0.39 is 0 Å². The predicted molar refractivity (Wildman–Crippen MR) is 123 cm³/mol. The zero-order chi connectivity index (χ0) is 22.5. The van der Waals surface area contributed by atoms with E-state index in [2.05, 4.69) is 34.5 Å². The average Bonchev–Trinajstić information content (AvgIpc) is 2.80. The number of aryl methyl sites for hydroxylation is 1. The molecule has 0 saturated carbocycles. The third-order valence-corrected chi connectivity index (χ3v) is 5.62. The minimum Gasteiger partial charge on any atom is -0.497 e. The Balaban J connectivity index is 1.48. The molecule has 1 aliphatic heterocycles. The number of halogens is 1. The van der Waals surface area contributed by atoms with E-state index >= 15 is 0 Å². The van der Waals surface area contributed by atoms with Crippen molar-refractivity contribution in [2.75, 3.05) is 18.6 Å². The van der Waals surface area contributed by atoms with Crippen LogP contribution in [0.2, 0.25) is 0 Å². The van der Waals surface area contributed by atoms with Gasteiger partial charge in [0.05, 0.1) is 25.3 Å². The highest BCUT2D eigenvalue weighted by Crippen LogP contribution is 2.36. The molecule has 0 radical (unpaired) electrons. The maximum absolute atomic E-state index is 13.7. The van der Waals surface area contributed by atoms with Gasteiger partial charge >= 0.3 is 0 Å². The fourth-order valence-corrected chi connectivity index (χ4v) is 3.86. The molecule has 0 aromatic heterocycles. The molecule has 1 heterocycles. The number of carbonyl (C=O) groups excluding carboxylic acids is 1. The lowest BCUT2D eigenvalue weighted by Gasteiger charge is -2.38. The van der Waals surface area contributed by atoms with Crippen molar-refractivity contribution in [1.82, 2.24) is 5.32 Å². The Morgan fingerprint density at radius 1 is 1.12 bits per heavy atom. The largest absolute Gasteiger partial charge is 0.497 e. The molecule has 1 N–H and O–H groups in total. The Bertz CT molecular complexity index is 1080. The van der Waals surface area contributed by atoms with Gasteiger partial charge < -0.3 is 19.7 Å². The Labute approximate surface area is 187 Å². The van der Waals surface area contributed by atoms with Crippen molar-refractivity contribution in [2.45, 2.75) is 32.5 Å². The summed E-state index contributed by atoms with van der Waals surface area (Å²) in [7, 11) is 1.62. The number of carbonyl (C=O) groups is 1. The van der Waals surface area contributed by atoms with Crippen molar-refractivity contribution in [2.24, 2.45) is 0 Å². The van der Waals surface area contributed by atoms with E-state index in [-0.39, 0.29) is 24.2 Å². The number of ether oxygens (including phenoxy) is 2. The fraction of sp³-hybridized carbons (Fsp3) is 0.269. The summed E-state index contributed by atoms with van der Waals surface area (Å²) in [5.41, 5.74) is 4.07. The molecule has 6 heteroatoms. The maximum Gasteiger partial charge on any atom is 0.222 e. The summed E-state index contributed by atoms with van der Waals surface area (Å²) in [6, 6.07) is 20.3. The Morgan fingerprint density at radius 3 is 2.72 bits per heavy atom. The minimum absolute atomic E-state index is 0.0686. The van der Waals surface area contributed by atoms with E-state index in [4.69, 9.17) is 9.47 Å². The van der Waals surface area contributed by atoms with Gasteiger partial charge in [-0.25, -0.2) is 4.39 Å². The molecule has 5 nitrogen and oxygen atoms in total. The quantitative estimate of drug-likeness (QED) is 0.590. The normalized spacial score (nSPS) is 15.0. The van der Waals surface area contributed by atoms with E-state index in [0.29, 0.717) is 25.4 Å². The Kier molecular flexibility index (Phi) is 6.59. The first kappa shape index (κ1) is 21.7. The summed E-state index contributed by atoms with van der Waals surface area (Å²) in [6.45, 7) is 3.39. The SMILES string of the molecule is COc1cccc(CNC(=O)C[C@@H]2COc3cc(F)ccc3N2Cc2ccc(C)cc2)c1. The number of methoxy groups -OCH3 is 1. The molecule has 1 aliphatic rings. The molecule has 0 bridgehead atoms. The molecule has 0 unspecified atom stereocenters. The lowest BCUT2D eigenvalue weighted by Crippen LogP contribution is -2.45. The van der Waals surface area contributed by atoms with Crippen LogP contribution in [0.5, 0.6) is 11.5 Å². The number of nitrogens with one attached hydrogen (secondary N) is 1. The van der Waals surface area contributed by atoms with Gasteiger partial charge in [-0.05, 0) is 42.3 Å². The highest BCUT2D eigenvalue weighted by molar-refractivity contribution is 5.77. The van der Waals surface area contributed by atoms with Gasteiger partial charge in [0.2, 0.25) is 5.91 Å². The highest BCUT2D eigenvalue weighted by atomic mass is 19.1. The van der Waals surface area contributed by atoms with Gasteiger partial charge in [0.1, 0.15) is 23.9 Å². The fourth-order valence-electron chi connectivity index (χ4n) is 3.86. The molecule has 166 valence electrons. The van der Waals surface area contributed by atoms with Gasteiger partial charge in [0.25, 0.3) is 0 Å². The number of hydrogen-bond acceptors (Lipinski definition) is 4. The lowest BCUT2D eigenvalue weighted by molar-refractivity contribution is -0.121. The molecule has 3 aromatic carbocycles. The number of amides is 1. The van der Waals surface area contributed by atoms with Crippen LogP contribution in [0.1, 0.15) is 23.1 Å². The van der Waals surface area contributed by atoms with Crippen molar-refractivity contribution >= 4 is 11.6 Å². The van der Waals surface area contributed by atoms with Crippen LogP contribution < -0.4 is 19.7 Å². The number of hydrogen-bond donors (Lipinski definition) is 1. The molecule has 1 amide bonds. The Hall–Kier alpha value is -3.54. The molecule has 0 aliphatic carbocycles. The maximum atomic E-state index is 13.7. The zero-order valence-corrected chi connectivity index (χ0v) is 18.3. The molecular formula is C26H27FN2O3. The van der Waals surface area contributed by atoms with Crippen LogP contribution in [0.3, 0.4) is 0 Å². The topological polar surface area (TPSA) is 50.8 Å². The molecule has 0 fully saturated rings. The van der Waals surface area contributed by atoms with Crippen molar-refractivity contribution in [3.63, 3.8) is 0 Å². The molecule has 1 atom stereocenters. The van der Waals surface area contributed by atoms with Crippen LogP contribution in [-0.4, -0.2) is 25.7 Å². The van der Waals surface area contributed by atoms with Crippen LogP contribution in [0.4, 0.5) is 10.1 Å². The summed E-state index contributed by atoms with van der Waals surface area (Å²) >= 11 is 0. The third-order valence-electron chi connectivity index (χ3n) is 5.62. The highest BCUT2D eigenvalue weighted by Gasteiger charge is 2.29. The summed E-state index contributed by atoms with van der Waals surface area (Å²) < 4.78 is 24.8. The summed E-state index contributed by atoms with van der Waals surface area (Å²) in [5.74, 6) is 0.852. The van der Waals surface area contributed by atoms with Crippen molar-refractivity contribution in [3.05, 3.63) is 89.2 Å². The number of nitrogens with zero attached hydrogens (tertiary/aromatic N) is 1. The summed E-state index contributed by atoms with van der Waals surface area (Å²) in [5, 5.41) is 2.99. The van der Waals surface area contributed by atoms with Gasteiger partial charge in [0, 0.05) is 19.2 Å². The van der Waals surface area contributed by atoms with Gasteiger partial charge in [-0.3, -0.25) is 4.79 Å². The lowest BCUT2D eigenvalue weighted by atomic mass is 10.1. The van der Waals surface area contributed by atoms with Crippen LogP contribution >= 0.6 is 0 Å². The van der Waals surface area contributed by atoms with Crippen LogP contribution in [0.15, 0.2) is 66.7 Å². The number of rotatable bonds is 7. The van der Waals surface area contributed by atoms with Crippen LogP contribution in [0.25, 0.3) is 0 Å². The molecule has 32 heavy (non-hydrogen) atoms. The van der Waals surface area contributed by atoms with Crippen molar-refractivity contribution in [3.8, 4) is 11.5 Å². The Morgan fingerprint density at radius 2 is 1.94 bits per heavy atom. The zero-order valence-electron chi connectivity index (χ0n) is 18.3. The van der Waals surface area contributed by atoms with Crippen LogP contribution in [0, 0.1) is 12.7 Å². The van der Waals surface area contributed by atoms with Gasteiger partial charge in [0.15, 0.2) is 0 Å². The first-order chi connectivity index (χ1) is 15.5. The van der Waals surface area contributed by atoms with E-state index in [1.807, 2.05) is 31.2 Å². The minimum atomic E-state index is -0.339. The first-order valence-corrected chi connectivity index (χ1v) is 10.7. The molecule has 0 spiro atoms. The number of anilines is 1. The van der Waals surface area contributed by atoms with Crippen molar-refractivity contribution in [1.29, 1.82) is 0 Å². The predicted octanol–water partition coefficient (Wildman–Crippen LogP) is 4.62. The van der Waals surface area contributed by atoms with E-state index in [9.17, 15) is 9.18 Å². The van der Waals surface area contributed by atoms with Gasteiger partial charge in [-0.15, -0.1) is 0 Å². The number of benzene rings is 3.